The molecule has 2 amide bonds. The second kappa shape index (κ2) is 7.42. The summed E-state index contributed by atoms with van der Waals surface area (Å²) in [5, 5.41) is 9.00. The van der Waals surface area contributed by atoms with Crippen LogP contribution in [-0.2, 0) is 4.79 Å². The fourth-order valence-electron chi connectivity index (χ4n) is 1.54. The van der Waals surface area contributed by atoms with E-state index in [1.807, 2.05) is 13.2 Å². The molecule has 17 heavy (non-hydrogen) atoms. The van der Waals surface area contributed by atoms with Crippen molar-refractivity contribution in [2.45, 2.75) is 32.4 Å². The van der Waals surface area contributed by atoms with E-state index in [0.717, 1.165) is 5.75 Å². The van der Waals surface area contributed by atoms with Crippen LogP contribution in [0.2, 0.25) is 0 Å². The SMILES string of the molecule is CCC(C(=O)O)N(C)C(=O)N(C)C(C)CSC. The maximum atomic E-state index is 12.0. The number of carbonyl (C=O) groups excluding carboxylic acids is 1. The summed E-state index contributed by atoms with van der Waals surface area (Å²) in [4.78, 5) is 25.9. The molecule has 0 saturated carbocycles. The van der Waals surface area contributed by atoms with Crippen molar-refractivity contribution in [3.8, 4) is 0 Å². The lowest BCUT2D eigenvalue weighted by Gasteiger charge is -2.32. The van der Waals surface area contributed by atoms with E-state index in [1.165, 1.54) is 11.9 Å². The number of thioether (sulfide) groups is 1. The number of amides is 2. The fourth-order valence-corrected chi connectivity index (χ4v) is 2.24. The molecule has 2 atom stereocenters. The van der Waals surface area contributed by atoms with Crippen molar-refractivity contribution in [1.29, 1.82) is 0 Å². The zero-order chi connectivity index (χ0) is 13.6. The highest BCUT2D eigenvalue weighted by atomic mass is 32.2. The summed E-state index contributed by atoms with van der Waals surface area (Å²) in [5.41, 5.74) is 0. The van der Waals surface area contributed by atoms with Crippen LogP contribution in [0.25, 0.3) is 0 Å². The van der Waals surface area contributed by atoms with Gasteiger partial charge in [-0.1, -0.05) is 6.92 Å². The van der Waals surface area contributed by atoms with E-state index in [1.54, 1.807) is 30.6 Å². The topological polar surface area (TPSA) is 60.9 Å². The molecule has 0 radical (unpaired) electrons. The lowest BCUT2D eigenvalue weighted by atomic mass is 10.2. The summed E-state index contributed by atoms with van der Waals surface area (Å²) in [6, 6.07) is -0.918. The van der Waals surface area contributed by atoms with E-state index < -0.39 is 12.0 Å². The molecule has 5 nitrogen and oxygen atoms in total. The molecule has 0 aromatic rings. The highest BCUT2D eigenvalue weighted by molar-refractivity contribution is 7.98. The predicted molar refractivity (Wildman–Crippen MR) is 70.5 cm³/mol. The van der Waals surface area contributed by atoms with Crippen molar-refractivity contribution < 1.29 is 14.7 Å². The van der Waals surface area contributed by atoms with Crippen molar-refractivity contribution in [3.05, 3.63) is 0 Å². The van der Waals surface area contributed by atoms with Gasteiger partial charge in [0.25, 0.3) is 0 Å². The Bertz CT molecular complexity index is 273. The molecule has 0 aliphatic carbocycles. The molecular weight excluding hydrogens is 240 g/mol. The van der Waals surface area contributed by atoms with Gasteiger partial charge < -0.3 is 14.9 Å². The van der Waals surface area contributed by atoms with Crippen LogP contribution in [0.1, 0.15) is 20.3 Å². The summed E-state index contributed by atoms with van der Waals surface area (Å²) in [6.07, 6.45) is 2.38. The molecule has 2 unspecified atom stereocenters. The van der Waals surface area contributed by atoms with Crippen LogP contribution in [0.3, 0.4) is 0 Å². The van der Waals surface area contributed by atoms with Crippen LogP contribution >= 0.6 is 11.8 Å². The summed E-state index contributed by atoms with van der Waals surface area (Å²) in [5.74, 6) is -0.130. The quantitative estimate of drug-likeness (QED) is 0.789. The molecule has 0 spiro atoms. The maximum absolute atomic E-state index is 12.0. The predicted octanol–water partition coefficient (Wildman–Crippen LogP) is 1.58. The van der Waals surface area contributed by atoms with Gasteiger partial charge in [-0.15, -0.1) is 0 Å². The highest BCUT2D eigenvalue weighted by Gasteiger charge is 2.28. The highest BCUT2D eigenvalue weighted by Crippen LogP contribution is 2.10. The van der Waals surface area contributed by atoms with Gasteiger partial charge in [-0.05, 0) is 19.6 Å². The monoisotopic (exact) mass is 262 g/mol. The smallest absolute Gasteiger partial charge is 0.326 e. The van der Waals surface area contributed by atoms with Crippen LogP contribution in [0.4, 0.5) is 4.79 Å². The van der Waals surface area contributed by atoms with E-state index in [0.29, 0.717) is 6.42 Å². The second-order valence-corrected chi connectivity index (χ2v) is 4.98. The Morgan fingerprint density at radius 3 is 2.18 bits per heavy atom. The molecule has 0 saturated heterocycles. The van der Waals surface area contributed by atoms with Crippen LogP contribution in [0.5, 0.6) is 0 Å². The third-order valence-electron chi connectivity index (χ3n) is 2.81. The number of carboxylic acids is 1. The summed E-state index contributed by atoms with van der Waals surface area (Å²) in [6.45, 7) is 3.71. The number of aliphatic carboxylic acids is 1. The van der Waals surface area contributed by atoms with E-state index in [2.05, 4.69) is 0 Å². The molecule has 0 heterocycles. The molecule has 0 rings (SSSR count). The Morgan fingerprint density at radius 1 is 1.29 bits per heavy atom. The molecule has 1 N–H and O–H groups in total. The number of rotatable bonds is 6. The van der Waals surface area contributed by atoms with E-state index in [9.17, 15) is 9.59 Å². The van der Waals surface area contributed by atoms with Gasteiger partial charge in [0, 0.05) is 25.9 Å². The minimum atomic E-state index is -0.964. The number of urea groups is 1. The number of hydrogen-bond donors (Lipinski definition) is 1. The zero-order valence-corrected chi connectivity index (χ0v) is 12.0. The summed E-state index contributed by atoms with van der Waals surface area (Å²) >= 11 is 1.66. The molecule has 0 bridgehead atoms. The second-order valence-electron chi connectivity index (χ2n) is 4.07. The first-order chi connectivity index (χ1) is 7.86. The molecule has 0 aromatic heterocycles. The first kappa shape index (κ1) is 16.1. The molecular formula is C11H22N2O3S. The van der Waals surface area contributed by atoms with Gasteiger partial charge in [0.15, 0.2) is 0 Å². The van der Waals surface area contributed by atoms with Crippen LogP contribution in [0, 0.1) is 0 Å². The summed E-state index contributed by atoms with van der Waals surface area (Å²) < 4.78 is 0. The first-order valence-electron chi connectivity index (χ1n) is 5.58. The third-order valence-corrected chi connectivity index (χ3v) is 3.63. The summed E-state index contributed by atoms with van der Waals surface area (Å²) in [7, 11) is 3.24. The average Bonchev–Trinajstić information content (AvgIpc) is 2.27. The van der Waals surface area contributed by atoms with Gasteiger partial charge in [-0.2, -0.15) is 11.8 Å². The van der Waals surface area contributed by atoms with Gasteiger partial charge in [-0.25, -0.2) is 9.59 Å². The third kappa shape index (κ3) is 4.46. The Labute approximate surface area is 107 Å². The van der Waals surface area contributed by atoms with Gasteiger partial charge in [0.05, 0.1) is 0 Å². The van der Waals surface area contributed by atoms with E-state index in [4.69, 9.17) is 5.11 Å². The number of hydrogen-bond acceptors (Lipinski definition) is 3. The molecule has 0 aliphatic rings. The van der Waals surface area contributed by atoms with Crippen LogP contribution in [-0.4, -0.2) is 65.1 Å². The van der Waals surface area contributed by atoms with Crippen LogP contribution < -0.4 is 0 Å². The Kier molecular flexibility index (Phi) is 7.03. The molecule has 0 aromatic carbocycles. The first-order valence-corrected chi connectivity index (χ1v) is 6.97. The molecule has 0 fully saturated rings. The lowest BCUT2D eigenvalue weighted by molar-refractivity contribution is -0.142. The Balaban J connectivity index is 4.62. The zero-order valence-electron chi connectivity index (χ0n) is 11.1. The van der Waals surface area contributed by atoms with Crippen molar-refractivity contribution in [2.24, 2.45) is 0 Å². The van der Waals surface area contributed by atoms with E-state index >= 15 is 0 Å². The average molecular weight is 262 g/mol. The van der Waals surface area contributed by atoms with Gasteiger partial charge >= 0.3 is 12.0 Å². The normalized spacial score (nSPS) is 13.9. The minimum absolute atomic E-state index is 0.0891. The van der Waals surface area contributed by atoms with Crippen LogP contribution in [0.15, 0.2) is 0 Å². The minimum Gasteiger partial charge on any atom is -0.480 e. The Hall–Kier alpha value is -0.910. The maximum Gasteiger partial charge on any atom is 0.326 e. The van der Waals surface area contributed by atoms with E-state index in [-0.39, 0.29) is 12.1 Å². The van der Waals surface area contributed by atoms with Crippen molar-refractivity contribution >= 4 is 23.8 Å². The number of carboxylic acid groups (broad SMARTS) is 1. The molecule has 6 heteroatoms. The fraction of sp³-hybridized carbons (Fsp3) is 0.818. The van der Waals surface area contributed by atoms with Gasteiger partial charge in [0.1, 0.15) is 6.04 Å². The van der Waals surface area contributed by atoms with Gasteiger partial charge in [0.2, 0.25) is 0 Å². The molecule has 100 valence electrons. The largest absolute Gasteiger partial charge is 0.480 e. The number of carbonyl (C=O) groups is 2. The number of nitrogens with zero attached hydrogens (tertiary/aromatic N) is 2. The molecule has 0 aliphatic heterocycles. The van der Waals surface area contributed by atoms with Crippen molar-refractivity contribution in [3.63, 3.8) is 0 Å². The Morgan fingerprint density at radius 2 is 1.82 bits per heavy atom. The number of likely N-dealkylation sites (N-methyl/N-ethyl adjacent to an activating group) is 1. The van der Waals surface area contributed by atoms with Gasteiger partial charge in [-0.3, -0.25) is 0 Å². The standard InChI is InChI=1S/C11H22N2O3S/c1-6-9(10(14)15)13(4)11(16)12(3)8(2)7-17-5/h8-9H,6-7H2,1-5H3,(H,14,15). The van der Waals surface area contributed by atoms with Crippen molar-refractivity contribution in [2.75, 3.05) is 26.1 Å². The lowest BCUT2D eigenvalue weighted by Crippen LogP contribution is -2.50. The van der Waals surface area contributed by atoms with Crippen molar-refractivity contribution in [1.82, 2.24) is 9.80 Å².